The first kappa shape index (κ1) is 20.3. The molecule has 3 rings (SSSR count). The van der Waals surface area contributed by atoms with E-state index in [9.17, 15) is 8.42 Å². The van der Waals surface area contributed by atoms with Crippen molar-refractivity contribution in [1.82, 2.24) is 9.55 Å². The molecule has 2 aromatic carbocycles. The molecule has 3 aromatic rings. The van der Waals surface area contributed by atoms with Crippen molar-refractivity contribution in [2.45, 2.75) is 31.7 Å². The van der Waals surface area contributed by atoms with Crippen LogP contribution in [0.2, 0.25) is 0 Å². The van der Waals surface area contributed by atoms with Gasteiger partial charge in [0.15, 0.2) is 9.84 Å². The Bertz CT molecular complexity index is 1150. The molecule has 6 nitrogen and oxygen atoms in total. The fraction of sp³-hybridized carbons (Fsp3) is 0.300. The van der Waals surface area contributed by atoms with E-state index in [0.717, 1.165) is 34.7 Å². The molecule has 0 atom stereocenters. The minimum atomic E-state index is -3.31. The number of hydrogen-bond acceptors (Lipinski definition) is 5. The molecule has 1 aromatic heterocycles. The van der Waals surface area contributed by atoms with Crippen molar-refractivity contribution in [2.75, 3.05) is 18.7 Å². The largest absolute Gasteiger partial charge is 0.496 e. The number of ether oxygens (including phenoxy) is 1. The molecule has 28 heavy (non-hydrogen) atoms. The van der Waals surface area contributed by atoms with Gasteiger partial charge in [0.25, 0.3) is 0 Å². The monoisotopic (exact) mass is 417 g/mol. The average molecular weight is 418 g/mol. The Morgan fingerprint density at radius 3 is 2.68 bits per heavy atom. The van der Waals surface area contributed by atoms with Crippen molar-refractivity contribution in [1.29, 1.82) is 0 Å². The van der Waals surface area contributed by atoms with Crippen molar-refractivity contribution in [3.05, 3.63) is 47.8 Å². The predicted molar refractivity (Wildman–Crippen MR) is 116 cm³/mol. The summed E-state index contributed by atoms with van der Waals surface area (Å²) < 4.78 is 31.3. The van der Waals surface area contributed by atoms with Gasteiger partial charge in [0.2, 0.25) is 0 Å². The van der Waals surface area contributed by atoms with Crippen LogP contribution in [0.3, 0.4) is 0 Å². The van der Waals surface area contributed by atoms with E-state index in [0.29, 0.717) is 17.2 Å². The van der Waals surface area contributed by atoms with Crippen LogP contribution in [-0.2, 0) is 22.8 Å². The smallest absolute Gasteiger partial charge is 0.175 e. The lowest BCUT2D eigenvalue weighted by atomic mass is 10.1. The predicted octanol–water partition coefficient (Wildman–Crippen LogP) is 3.76. The second-order valence-corrected chi connectivity index (χ2v) is 9.06. The summed E-state index contributed by atoms with van der Waals surface area (Å²) in [5.74, 6) is 1.55. The highest BCUT2D eigenvalue weighted by Crippen LogP contribution is 2.27. The maximum atomic E-state index is 11.9. The quantitative estimate of drug-likeness (QED) is 0.616. The van der Waals surface area contributed by atoms with Crippen molar-refractivity contribution in [3.63, 3.8) is 0 Å². The summed E-state index contributed by atoms with van der Waals surface area (Å²) >= 11 is 5.57. The van der Waals surface area contributed by atoms with E-state index in [1.54, 1.807) is 19.2 Å². The van der Waals surface area contributed by atoms with Crippen LogP contribution in [0, 0.1) is 6.92 Å². The van der Waals surface area contributed by atoms with Gasteiger partial charge in [-0.25, -0.2) is 13.4 Å². The molecule has 0 aliphatic carbocycles. The summed E-state index contributed by atoms with van der Waals surface area (Å²) in [5.41, 5.74) is 3.50. The summed E-state index contributed by atoms with van der Waals surface area (Å²) in [7, 11) is -1.76. The minimum absolute atomic E-state index is 0.243. The molecule has 0 bridgehead atoms. The van der Waals surface area contributed by atoms with E-state index in [1.165, 1.54) is 12.3 Å². The van der Waals surface area contributed by atoms with E-state index in [4.69, 9.17) is 17.0 Å². The molecule has 0 fully saturated rings. The lowest BCUT2D eigenvalue weighted by molar-refractivity contribution is 0.410. The highest BCUT2D eigenvalue weighted by Gasteiger charge is 2.15. The second kappa shape index (κ2) is 7.89. The summed E-state index contributed by atoms with van der Waals surface area (Å²) in [6, 6.07) is 10.7. The van der Waals surface area contributed by atoms with Crippen molar-refractivity contribution >= 4 is 43.8 Å². The van der Waals surface area contributed by atoms with Crippen molar-refractivity contribution in [2.24, 2.45) is 0 Å². The number of benzene rings is 2. The first-order valence-corrected chi connectivity index (χ1v) is 11.2. The summed E-state index contributed by atoms with van der Waals surface area (Å²) in [4.78, 5) is 5.41. The summed E-state index contributed by atoms with van der Waals surface area (Å²) in [6.07, 6.45) is 1.54. The number of imidazole rings is 1. The van der Waals surface area contributed by atoms with Gasteiger partial charge in [-0.1, -0.05) is 18.3 Å². The Labute approximate surface area is 170 Å². The number of nitrogens with one attached hydrogen (secondary N) is 1. The summed E-state index contributed by atoms with van der Waals surface area (Å²) in [6.45, 7) is 4.86. The maximum Gasteiger partial charge on any atom is 0.175 e. The third-order valence-electron chi connectivity index (χ3n) is 4.58. The topological polar surface area (TPSA) is 73.2 Å². The van der Waals surface area contributed by atoms with Crippen LogP contribution in [-0.4, -0.2) is 36.3 Å². The lowest BCUT2D eigenvalue weighted by Crippen LogP contribution is -2.14. The number of thiocarbonyl (C=S) groups is 1. The standard InChI is InChI=1S/C20H23N3O3S2/c1-5-23-13(2)21-16-7-6-8-17(20(16)23)22-19(27)12-14-11-15(28(4,24)25)9-10-18(14)26-3/h6-11H,5,12H2,1-4H3,(H,22,27). The Kier molecular flexibility index (Phi) is 5.71. The molecule has 0 amide bonds. The molecule has 0 aliphatic heterocycles. The molecule has 0 saturated heterocycles. The van der Waals surface area contributed by atoms with Crippen LogP contribution in [0.5, 0.6) is 5.75 Å². The van der Waals surface area contributed by atoms with Crippen LogP contribution in [0.25, 0.3) is 11.0 Å². The molecule has 8 heteroatoms. The number of sulfone groups is 1. The number of rotatable bonds is 6. The van der Waals surface area contributed by atoms with Crippen LogP contribution >= 0.6 is 12.2 Å². The molecular formula is C20H23N3O3S2. The molecule has 0 spiro atoms. The Morgan fingerprint density at radius 1 is 1.29 bits per heavy atom. The fourth-order valence-corrected chi connectivity index (χ4v) is 4.22. The molecule has 1 N–H and O–H groups in total. The van der Waals surface area contributed by atoms with Gasteiger partial charge >= 0.3 is 0 Å². The Balaban J connectivity index is 1.92. The first-order chi connectivity index (χ1) is 13.2. The SMILES string of the molecule is CCn1c(C)nc2cccc(NC(=S)Cc3cc(S(C)(=O)=O)ccc3OC)c21. The summed E-state index contributed by atoms with van der Waals surface area (Å²) in [5, 5.41) is 3.30. The molecule has 0 radical (unpaired) electrons. The number of hydrogen-bond donors (Lipinski definition) is 1. The minimum Gasteiger partial charge on any atom is -0.496 e. The van der Waals surface area contributed by atoms with E-state index in [2.05, 4.69) is 21.8 Å². The van der Waals surface area contributed by atoms with Gasteiger partial charge in [-0.2, -0.15) is 0 Å². The van der Waals surface area contributed by atoms with E-state index in [1.807, 2.05) is 25.1 Å². The zero-order chi connectivity index (χ0) is 20.5. The van der Waals surface area contributed by atoms with Gasteiger partial charge in [0.1, 0.15) is 11.6 Å². The number of anilines is 1. The highest BCUT2D eigenvalue weighted by molar-refractivity contribution is 7.90. The average Bonchev–Trinajstić information content (AvgIpc) is 2.96. The number of para-hydroxylation sites is 1. The number of aryl methyl sites for hydroxylation is 2. The first-order valence-electron chi connectivity index (χ1n) is 8.87. The van der Waals surface area contributed by atoms with Gasteiger partial charge in [0, 0.05) is 24.8 Å². The molecule has 0 unspecified atom stereocenters. The van der Waals surface area contributed by atoms with Gasteiger partial charge in [-0.3, -0.25) is 0 Å². The van der Waals surface area contributed by atoms with Gasteiger partial charge in [-0.05, 0) is 44.2 Å². The zero-order valence-electron chi connectivity index (χ0n) is 16.3. The van der Waals surface area contributed by atoms with Crippen LogP contribution in [0.1, 0.15) is 18.3 Å². The van der Waals surface area contributed by atoms with Crippen molar-refractivity contribution in [3.8, 4) is 5.75 Å². The molecule has 0 saturated carbocycles. The maximum absolute atomic E-state index is 11.9. The van der Waals surface area contributed by atoms with E-state index >= 15 is 0 Å². The zero-order valence-corrected chi connectivity index (χ0v) is 17.9. The molecular weight excluding hydrogens is 394 g/mol. The van der Waals surface area contributed by atoms with Crippen molar-refractivity contribution < 1.29 is 13.2 Å². The van der Waals surface area contributed by atoms with Crippen LogP contribution < -0.4 is 10.1 Å². The van der Waals surface area contributed by atoms with Gasteiger partial charge in [0.05, 0.1) is 33.7 Å². The van der Waals surface area contributed by atoms with Gasteiger partial charge < -0.3 is 14.6 Å². The van der Waals surface area contributed by atoms with E-state index in [-0.39, 0.29) is 4.90 Å². The number of nitrogens with zero attached hydrogens (tertiary/aromatic N) is 2. The Morgan fingerprint density at radius 2 is 2.04 bits per heavy atom. The Hall–Kier alpha value is -2.45. The molecule has 1 heterocycles. The van der Waals surface area contributed by atoms with E-state index < -0.39 is 9.84 Å². The highest BCUT2D eigenvalue weighted by atomic mass is 32.2. The van der Waals surface area contributed by atoms with Crippen LogP contribution in [0.15, 0.2) is 41.3 Å². The van der Waals surface area contributed by atoms with Gasteiger partial charge in [-0.15, -0.1) is 0 Å². The van der Waals surface area contributed by atoms with Crippen LogP contribution in [0.4, 0.5) is 5.69 Å². The third kappa shape index (κ3) is 4.02. The molecule has 148 valence electrons. The normalized spacial score (nSPS) is 11.6. The third-order valence-corrected chi connectivity index (χ3v) is 5.94. The molecule has 0 aliphatic rings. The number of aromatic nitrogens is 2. The second-order valence-electron chi connectivity index (χ2n) is 6.55. The number of fused-ring (bicyclic) bond motifs is 1. The number of methoxy groups -OCH3 is 1. The fourth-order valence-electron chi connectivity index (χ4n) is 3.28. The lowest BCUT2D eigenvalue weighted by Gasteiger charge is -2.14.